The van der Waals surface area contributed by atoms with E-state index in [1.165, 1.54) is 31.4 Å². The van der Waals surface area contributed by atoms with Gasteiger partial charge < -0.3 is 10.1 Å². The van der Waals surface area contributed by atoms with Gasteiger partial charge in [0.2, 0.25) is 5.91 Å². The predicted molar refractivity (Wildman–Crippen MR) is 103 cm³/mol. The number of esters is 1. The van der Waals surface area contributed by atoms with E-state index in [1.807, 2.05) is 0 Å². The first-order valence-electron chi connectivity index (χ1n) is 8.16. The largest absolute Gasteiger partial charge is 0.465 e. The van der Waals surface area contributed by atoms with Crippen LogP contribution >= 0.6 is 0 Å². The Balaban J connectivity index is 2.31. The lowest BCUT2D eigenvalue weighted by molar-refractivity contribution is -0.123. The van der Waals surface area contributed by atoms with E-state index in [2.05, 4.69) is 14.8 Å². The molecule has 7 nitrogen and oxygen atoms in total. The van der Waals surface area contributed by atoms with Gasteiger partial charge in [-0.15, -0.1) is 0 Å². The van der Waals surface area contributed by atoms with Crippen molar-refractivity contribution in [1.82, 2.24) is 0 Å². The molecule has 0 aliphatic carbocycles. The van der Waals surface area contributed by atoms with Crippen LogP contribution in [-0.4, -0.2) is 27.4 Å². The van der Waals surface area contributed by atoms with Gasteiger partial charge in [0.1, 0.15) is 4.90 Å². The zero-order chi connectivity index (χ0) is 20.2. The Morgan fingerprint density at radius 3 is 2.22 bits per heavy atom. The van der Waals surface area contributed by atoms with Crippen molar-refractivity contribution in [3.05, 3.63) is 54.1 Å². The first kappa shape index (κ1) is 20.4. The molecular weight excluding hydrogens is 368 g/mol. The van der Waals surface area contributed by atoms with Gasteiger partial charge in [-0.3, -0.25) is 9.52 Å². The highest BCUT2D eigenvalue weighted by Crippen LogP contribution is 2.23. The molecule has 0 unspecified atom stereocenters. The molecule has 0 aromatic heterocycles. The van der Waals surface area contributed by atoms with Gasteiger partial charge in [-0.25, -0.2) is 13.2 Å². The van der Waals surface area contributed by atoms with Gasteiger partial charge in [-0.05, 0) is 30.3 Å². The zero-order valence-corrected chi connectivity index (χ0v) is 16.4. The number of nitrogens with one attached hydrogen (secondary N) is 2. The molecule has 1 amide bonds. The fraction of sp³-hybridized carbons (Fsp3) is 0.263. The lowest BCUT2D eigenvalue weighted by Crippen LogP contribution is -2.27. The summed E-state index contributed by atoms with van der Waals surface area (Å²) >= 11 is 0. The maximum absolute atomic E-state index is 12.7. The summed E-state index contributed by atoms with van der Waals surface area (Å²) in [6.45, 7) is 5.33. The second kappa shape index (κ2) is 7.79. The summed E-state index contributed by atoms with van der Waals surface area (Å²) in [5, 5.41) is 2.74. The number of ether oxygens (including phenoxy) is 1. The molecule has 0 aliphatic rings. The standard InChI is InChI=1S/C19H22N2O5S/c1-19(2,3)18(23)20-13-8-7-9-14(12-13)21-27(24,25)16-11-6-5-10-15(16)17(22)26-4/h5-12,21H,1-4H3,(H,20,23). The summed E-state index contributed by atoms with van der Waals surface area (Å²) in [5.74, 6) is -0.944. The number of hydrogen-bond donors (Lipinski definition) is 2. The second-order valence-electron chi connectivity index (χ2n) is 6.88. The summed E-state index contributed by atoms with van der Waals surface area (Å²) < 4.78 is 32.5. The van der Waals surface area contributed by atoms with Crippen LogP contribution in [0.25, 0.3) is 0 Å². The van der Waals surface area contributed by atoms with Crippen molar-refractivity contribution in [3.63, 3.8) is 0 Å². The van der Waals surface area contributed by atoms with Crippen LogP contribution in [0.4, 0.5) is 11.4 Å². The Kier molecular flexibility index (Phi) is 5.90. The van der Waals surface area contributed by atoms with Crippen LogP contribution in [0.2, 0.25) is 0 Å². The molecule has 0 heterocycles. The maximum Gasteiger partial charge on any atom is 0.339 e. The van der Waals surface area contributed by atoms with E-state index < -0.39 is 21.4 Å². The lowest BCUT2D eigenvalue weighted by Gasteiger charge is -2.18. The van der Waals surface area contributed by atoms with Crippen LogP contribution in [0.15, 0.2) is 53.4 Å². The molecule has 0 saturated carbocycles. The topological polar surface area (TPSA) is 102 Å². The monoisotopic (exact) mass is 390 g/mol. The van der Waals surface area contributed by atoms with Crippen LogP contribution in [0.1, 0.15) is 31.1 Å². The summed E-state index contributed by atoms with van der Waals surface area (Å²) in [6.07, 6.45) is 0. The van der Waals surface area contributed by atoms with E-state index >= 15 is 0 Å². The van der Waals surface area contributed by atoms with E-state index in [-0.39, 0.29) is 22.1 Å². The first-order chi connectivity index (χ1) is 12.5. The Morgan fingerprint density at radius 2 is 1.59 bits per heavy atom. The SMILES string of the molecule is COC(=O)c1ccccc1S(=O)(=O)Nc1cccc(NC(=O)C(C)(C)C)c1. The average Bonchev–Trinajstić information content (AvgIpc) is 2.60. The maximum atomic E-state index is 12.7. The molecule has 8 heteroatoms. The van der Waals surface area contributed by atoms with Crippen molar-refractivity contribution in [2.75, 3.05) is 17.1 Å². The van der Waals surface area contributed by atoms with Crippen LogP contribution in [0.5, 0.6) is 0 Å². The third-order valence-electron chi connectivity index (χ3n) is 3.64. The molecule has 0 atom stereocenters. The van der Waals surface area contributed by atoms with Crippen molar-refractivity contribution < 1.29 is 22.7 Å². The van der Waals surface area contributed by atoms with Gasteiger partial charge in [-0.1, -0.05) is 39.0 Å². The Labute approximate surface area is 158 Å². The Hall–Kier alpha value is -2.87. The summed E-state index contributed by atoms with van der Waals surface area (Å²) in [4.78, 5) is 23.8. The van der Waals surface area contributed by atoms with Crippen molar-refractivity contribution in [1.29, 1.82) is 0 Å². The minimum absolute atomic E-state index is 0.0651. The van der Waals surface area contributed by atoms with E-state index in [4.69, 9.17) is 0 Å². The molecule has 0 bridgehead atoms. The minimum atomic E-state index is -4.04. The van der Waals surface area contributed by atoms with Gasteiger partial charge in [0, 0.05) is 11.1 Å². The molecule has 0 fully saturated rings. The normalized spacial score (nSPS) is 11.6. The summed E-state index contributed by atoms with van der Waals surface area (Å²) in [5.41, 5.74) is 0.0528. The van der Waals surface area contributed by atoms with Crippen LogP contribution in [-0.2, 0) is 19.6 Å². The number of benzene rings is 2. The predicted octanol–water partition coefficient (Wildman–Crippen LogP) is 3.26. The highest BCUT2D eigenvalue weighted by Gasteiger charge is 2.24. The van der Waals surface area contributed by atoms with Crippen LogP contribution in [0.3, 0.4) is 0 Å². The quantitative estimate of drug-likeness (QED) is 0.763. The van der Waals surface area contributed by atoms with Gasteiger partial charge in [0.15, 0.2) is 0 Å². The molecular formula is C19H22N2O5S. The Bertz CT molecular complexity index is 962. The number of hydrogen-bond acceptors (Lipinski definition) is 5. The van der Waals surface area contributed by atoms with Gasteiger partial charge in [-0.2, -0.15) is 0 Å². The minimum Gasteiger partial charge on any atom is -0.465 e. The highest BCUT2D eigenvalue weighted by molar-refractivity contribution is 7.92. The van der Waals surface area contributed by atoms with Gasteiger partial charge in [0.05, 0.1) is 18.4 Å². The van der Waals surface area contributed by atoms with Crippen LogP contribution < -0.4 is 10.0 Å². The molecule has 0 aliphatic heterocycles. The molecule has 0 saturated heterocycles. The Morgan fingerprint density at radius 1 is 0.963 bits per heavy atom. The molecule has 0 spiro atoms. The van der Waals surface area contributed by atoms with E-state index in [0.29, 0.717) is 5.69 Å². The molecule has 27 heavy (non-hydrogen) atoms. The number of rotatable bonds is 5. The molecule has 0 radical (unpaired) electrons. The molecule has 2 aromatic rings. The van der Waals surface area contributed by atoms with E-state index in [1.54, 1.807) is 45.0 Å². The lowest BCUT2D eigenvalue weighted by atomic mass is 9.95. The third-order valence-corrected chi connectivity index (χ3v) is 5.08. The fourth-order valence-corrected chi connectivity index (χ4v) is 3.41. The molecule has 2 N–H and O–H groups in total. The van der Waals surface area contributed by atoms with E-state index in [9.17, 15) is 18.0 Å². The third kappa shape index (κ3) is 5.07. The molecule has 144 valence electrons. The number of methoxy groups -OCH3 is 1. The molecule has 2 rings (SSSR count). The zero-order valence-electron chi connectivity index (χ0n) is 15.6. The van der Waals surface area contributed by atoms with Crippen molar-refractivity contribution in [2.24, 2.45) is 5.41 Å². The molecule has 2 aromatic carbocycles. The van der Waals surface area contributed by atoms with Crippen molar-refractivity contribution in [3.8, 4) is 0 Å². The van der Waals surface area contributed by atoms with Crippen molar-refractivity contribution >= 4 is 33.3 Å². The van der Waals surface area contributed by atoms with Gasteiger partial charge >= 0.3 is 5.97 Å². The smallest absolute Gasteiger partial charge is 0.339 e. The number of carbonyl (C=O) groups is 2. The number of anilines is 2. The number of amides is 1. The van der Waals surface area contributed by atoms with Crippen molar-refractivity contribution in [2.45, 2.75) is 25.7 Å². The fourth-order valence-electron chi connectivity index (χ4n) is 2.17. The van der Waals surface area contributed by atoms with E-state index in [0.717, 1.165) is 0 Å². The second-order valence-corrected chi connectivity index (χ2v) is 8.53. The summed E-state index contributed by atoms with van der Waals surface area (Å²) in [7, 11) is -2.86. The first-order valence-corrected chi connectivity index (χ1v) is 9.64. The number of sulfonamides is 1. The number of carbonyl (C=O) groups excluding carboxylic acids is 2. The van der Waals surface area contributed by atoms with Gasteiger partial charge in [0.25, 0.3) is 10.0 Å². The van der Waals surface area contributed by atoms with Crippen LogP contribution in [0, 0.1) is 5.41 Å². The average molecular weight is 390 g/mol. The summed E-state index contributed by atoms with van der Waals surface area (Å²) in [6, 6.07) is 12.1. The highest BCUT2D eigenvalue weighted by atomic mass is 32.2.